The Labute approximate surface area is 175 Å². The van der Waals surface area contributed by atoms with Crippen molar-refractivity contribution in [1.29, 1.82) is 0 Å². The number of anilines is 1. The second kappa shape index (κ2) is 10.0. The molecule has 0 amide bonds. The minimum atomic E-state index is -1.25. The molecule has 2 aromatic rings. The zero-order valence-electron chi connectivity index (χ0n) is 16.6. The van der Waals surface area contributed by atoms with E-state index in [1.807, 2.05) is 24.3 Å². The highest BCUT2D eigenvalue weighted by molar-refractivity contribution is 14.1. The van der Waals surface area contributed by atoms with E-state index < -0.39 is 16.1 Å². The molecule has 0 aliphatic rings. The maximum atomic E-state index is 5.57. The lowest BCUT2D eigenvalue weighted by atomic mass is 10.2. The molecule has 0 spiro atoms. The van der Waals surface area contributed by atoms with Crippen molar-refractivity contribution in [1.82, 2.24) is 0 Å². The molecule has 0 aliphatic carbocycles. The lowest BCUT2D eigenvalue weighted by molar-refractivity contribution is 1.60. The van der Waals surface area contributed by atoms with Gasteiger partial charge in [0.25, 0.3) is 0 Å². The molecule has 0 saturated heterocycles. The standard InChI is InChI=1S/C11H13ISi.C11H15NSi/c2*1-13(2,3)9-8-10-4-6-11(12)7-5-10/h4-7H,1-3H3;4-7H,12H2,1-3H3. The maximum absolute atomic E-state index is 5.57. The molecule has 0 aliphatic heterocycles. The van der Waals surface area contributed by atoms with E-state index in [1.54, 1.807) is 0 Å². The summed E-state index contributed by atoms with van der Waals surface area (Å²) in [6, 6.07) is 16.0. The molecule has 0 atom stereocenters. The monoisotopic (exact) mass is 489 g/mol. The third-order valence-corrected chi connectivity index (χ3v) is 5.39. The minimum absolute atomic E-state index is 0.790. The van der Waals surface area contributed by atoms with Crippen molar-refractivity contribution in [3.05, 3.63) is 63.2 Å². The molecule has 0 saturated carbocycles. The molecule has 2 rings (SSSR count). The fraction of sp³-hybridized carbons (Fsp3) is 0.273. The van der Waals surface area contributed by atoms with Crippen LogP contribution in [0.1, 0.15) is 11.1 Å². The van der Waals surface area contributed by atoms with Gasteiger partial charge in [0.15, 0.2) is 0 Å². The first kappa shape index (κ1) is 22.6. The Bertz CT molecular complexity index is 746. The van der Waals surface area contributed by atoms with Gasteiger partial charge in [-0.05, 0) is 71.1 Å². The average molecular weight is 490 g/mol. The van der Waals surface area contributed by atoms with E-state index in [2.05, 4.69) is 109 Å². The second-order valence-electron chi connectivity index (χ2n) is 8.13. The molecule has 136 valence electrons. The summed E-state index contributed by atoms with van der Waals surface area (Å²) in [6.07, 6.45) is 0. The Morgan fingerprint density at radius 3 is 1.35 bits per heavy atom. The van der Waals surface area contributed by atoms with Crippen molar-refractivity contribution in [3.8, 4) is 22.9 Å². The second-order valence-corrected chi connectivity index (χ2v) is 18.9. The predicted octanol–water partition coefficient (Wildman–Crippen LogP) is 6.02. The van der Waals surface area contributed by atoms with Crippen LogP contribution in [0.4, 0.5) is 5.69 Å². The number of hydrogen-bond acceptors (Lipinski definition) is 1. The summed E-state index contributed by atoms with van der Waals surface area (Å²) in [6.45, 7) is 13.5. The minimum Gasteiger partial charge on any atom is -0.399 e. The Kier molecular flexibility index (Phi) is 8.69. The lowest BCUT2D eigenvalue weighted by Crippen LogP contribution is -2.16. The van der Waals surface area contributed by atoms with Crippen molar-refractivity contribution >= 4 is 44.4 Å². The van der Waals surface area contributed by atoms with E-state index in [0.29, 0.717) is 0 Å². The van der Waals surface area contributed by atoms with Crippen LogP contribution in [0.3, 0.4) is 0 Å². The predicted molar refractivity (Wildman–Crippen MR) is 130 cm³/mol. The molecule has 26 heavy (non-hydrogen) atoms. The Balaban J connectivity index is 0.000000260. The van der Waals surface area contributed by atoms with Crippen LogP contribution in [-0.4, -0.2) is 16.1 Å². The van der Waals surface area contributed by atoms with Crippen molar-refractivity contribution in [2.45, 2.75) is 39.3 Å². The van der Waals surface area contributed by atoms with Gasteiger partial charge in [-0.1, -0.05) is 51.1 Å². The highest BCUT2D eigenvalue weighted by atomic mass is 127. The van der Waals surface area contributed by atoms with E-state index in [4.69, 9.17) is 5.73 Å². The van der Waals surface area contributed by atoms with Crippen LogP contribution in [-0.2, 0) is 0 Å². The van der Waals surface area contributed by atoms with Gasteiger partial charge in [0.1, 0.15) is 16.1 Å². The molecule has 1 nitrogen and oxygen atoms in total. The highest BCUT2D eigenvalue weighted by Crippen LogP contribution is 2.06. The van der Waals surface area contributed by atoms with Gasteiger partial charge in [-0.25, -0.2) is 0 Å². The first-order valence-corrected chi connectivity index (χ1v) is 16.7. The fourth-order valence-corrected chi connectivity index (χ4v) is 3.02. The third-order valence-electron chi connectivity index (χ3n) is 2.92. The lowest BCUT2D eigenvalue weighted by Gasteiger charge is -2.03. The van der Waals surface area contributed by atoms with Crippen molar-refractivity contribution in [3.63, 3.8) is 0 Å². The first-order valence-electron chi connectivity index (χ1n) is 8.62. The summed E-state index contributed by atoms with van der Waals surface area (Å²) < 4.78 is 1.26. The van der Waals surface area contributed by atoms with E-state index in [1.165, 1.54) is 3.57 Å². The largest absolute Gasteiger partial charge is 0.399 e. The van der Waals surface area contributed by atoms with E-state index in [9.17, 15) is 0 Å². The number of nitrogens with two attached hydrogens (primary N) is 1. The molecule has 0 unspecified atom stereocenters. The highest BCUT2D eigenvalue weighted by Gasteiger charge is 2.07. The molecule has 4 heteroatoms. The summed E-state index contributed by atoms with van der Waals surface area (Å²) in [5.74, 6) is 6.39. The van der Waals surface area contributed by atoms with Gasteiger partial charge in [-0.2, -0.15) is 0 Å². The van der Waals surface area contributed by atoms with Crippen molar-refractivity contribution in [2.24, 2.45) is 0 Å². The van der Waals surface area contributed by atoms with Crippen molar-refractivity contribution < 1.29 is 0 Å². The molecule has 0 radical (unpaired) electrons. The summed E-state index contributed by atoms with van der Waals surface area (Å²) in [5.41, 5.74) is 15.2. The van der Waals surface area contributed by atoms with Gasteiger partial charge < -0.3 is 5.73 Å². The van der Waals surface area contributed by atoms with E-state index in [-0.39, 0.29) is 0 Å². The van der Waals surface area contributed by atoms with Crippen LogP contribution in [0.2, 0.25) is 39.3 Å². The fourth-order valence-electron chi connectivity index (χ4n) is 1.62. The van der Waals surface area contributed by atoms with Gasteiger partial charge in [0.2, 0.25) is 0 Å². The SMILES string of the molecule is C[Si](C)(C)C#Cc1ccc(I)cc1.C[Si](C)(C)C#Cc1ccc(N)cc1. The number of rotatable bonds is 0. The van der Waals surface area contributed by atoms with Crippen LogP contribution in [0.5, 0.6) is 0 Å². The zero-order valence-corrected chi connectivity index (χ0v) is 20.7. The van der Waals surface area contributed by atoms with Crippen LogP contribution < -0.4 is 5.73 Å². The summed E-state index contributed by atoms with van der Waals surface area (Å²) in [4.78, 5) is 0. The topological polar surface area (TPSA) is 26.0 Å². The number of benzene rings is 2. The molecule has 0 heterocycles. The average Bonchev–Trinajstić information content (AvgIpc) is 2.53. The number of nitrogen functional groups attached to an aromatic ring is 1. The maximum Gasteiger partial charge on any atom is 0.129 e. The normalized spacial score (nSPS) is 10.4. The molecule has 2 aromatic carbocycles. The number of hydrogen-bond donors (Lipinski definition) is 1. The van der Waals surface area contributed by atoms with Crippen molar-refractivity contribution in [2.75, 3.05) is 5.73 Å². The van der Waals surface area contributed by atoms with Crippen LogP contribution in [0, 0.1) is 26.5 Å². The van der Waals surface area contributed by atoms with Crippen LogP contribution in [0.15, 0.2) is 48.5 Å². The Morgan fingerprint density at radius 2 is 1.00 bits per heavy atom. The molecule has 2 N–H and O–H groups in total. The van der Waals surface area contributed by atoms with Gasteiger partial charge in [0, 0.05) is 20.4 Å². The summed E-state index contributed by atoms with van der Waals surface area (Å²) in [7, 11) is -2.46. The molecule has 0 fully saturated rings. The molecule has 0 bridgehead atoms. The smallest absolute Gasteiger partial charge is 0.129 e. The number of halogens is 1. The molecule has 0 aromatic heterocycles. The van der Waals surface area contributed by atoms with Gasteiger partial charge in [-0.15, -0.1) is 11.1 Å². The van der Waals surface area contributed by atoms with Crippen LogP contribution in [0.25, 0.3) is 0 Å². The van der Waals surface area contributed by atoms with Gasteiger partial charge in [0.05, 0.1) is 0 Å². The molecular weight excluding hydrogens is 461 g/mol. The van der Waals surface area contributed by atoms with E-state index >= 15 is 0 Å². The zero-order chi connectivity index (χ0) is 19.8. The summed E-state index contributed by atoms with van der Waals surface area (Å²) >= 11 is 2.30. The van der Waals surface area contributed by atoms with Gasteiger partial charge in [-0.3, -0.25) is 0 Å². The first-order chi connectivity index (χ1) is 11.9. The van der Waals surface area contributed by atoms with Gasteiger partial charge >= 0.3 is 0 Å². The summed E-state index contributed by atoms with van der Waals surface area (Å²) in [5, 5.41) is 0. The Hall–Kier alpha value is -1.48. The Morgan fingerprint density at radius 1 is 0.654 bits per heavy atom. The quantitative estimate of drug-likeness (QED) is 0.208. The third kappa shape index (κ3) is 11.2. The van der Waals surface area contributed by atoms with E-state index in [0.717, 1.165) is 16.8 Å². The molecular formula is C22H28INSi2. The van der Waals surface area contributed by atoms with Crippen LogP contribution >= 0.6 is 22.6 Å².